The van der Waals surface area contributed by atoms with Gasteiger partial charge in [0.15, 0.2) is 0 Å². The number of nitrogens with one attached hydrogen (secondary N) is 1. The minimum absolute atomic E-state index is 0.140. The van der Waals surface area contributed by atoms with Gasteiger partial charge in [0.1, 0.15) is 5.82 Å². The number of hydrogen-bond acceptors (Lipinski definition) is 3. The van der Waals surface area contributed by atoms with Gasteiger partial charge in [0.05, 0.1) is 6.17 Å². The number of benzene rings is 1. The van der Waals surface area contributed by atoms with E-state index in [4.69, 9.17) is 5.73 Å². The van der Waals surface area contributed by atoms with E-state index >= 15 is 0 Å². The highest BCUT2D eigenvalue weighted by molar-refractivity contribution is 5.78. The SMILES string of the molecule is CN[C@@H]1C2CCC(C2)N1C(=O)C[C@H](N)Cc1ccc(F)cc1. The summed E-state index contributed by atoms with van der Waals surface area (Å²) in [6, 6.07) is 6.48. The van der Waals surface area contributed by atoms with E-state index in [1.807, 2.05) is 11.9 Å². The molecule has 5 heteroatoms. The zero-order valence-corrected chi connectivity index (χ0v) is 13.0. The lowest BCUT2D eigenvalue weighted by atomic mass is 10.0. The third-order valence-corrected chi connectivity index (χ3v) is 5.02. The minimum atomic E-state index is -0.252. The standard InChI is InChI=1S/C17H24FN3O/c1-20-17-12-4-7-15(9-12)21(17)16(22)10-14(19)8-11-2-5-13(18)6-3-11/h2-3,5-6,12,14-15,17,20H,4,7-10,19H2,1H3/t12?,14-,15?,17+/m1/s1. The molecule has 2 aliphatic rings. The van der Waals surface area contributed by atoms with E-state index in [-0.39, 0.29) is 23.9 Å². The summed E-state index contributed by atoms with van der Waals surface area (Å²) in [7, 11) is 1.92. The van der Waals surface area contributed by atoms with Gasteiger partial charge in [-0.2, -0.15) is 0 Å². The number of amides is 1. The van der Waals surface area contributed by atoms with Gasteiger partial charge < -0.3 is 16.0 Å². The van der Waals surface area contributed by atoms with Gasteiger partial charge in [0.2, 0.25) is 5.91 Å². The average molecular weight is 305 g/mol. The summed E-state index contributed by atoms with van der Waals surface area (Å²) in [6.07, 6.45) is 4.55. The van der Waals surface area contributed by atoms with Crippen LogP contribution in [0.15, 0.2) is 24.3 Å². The van der Waals surface area contributed by atoms with Crippen molar-refractivity contribution >= 4 is 5.91 Å². The topological polar surface area (TPSA) is 58.4 Å². The number of nitrogens with zero attached hydrogens (tertiary/aromatic N) is 1. The molecular weight excluding hydrogens is 281 g/mol. The number of fused-ring (bicyclic) bond motifs is 2. The molecule has 0 radical (unpaired) electrons. The Labute approximate surface area is 130 Å². The highest BCUT2D eigenvalue weighted by Crippen LogP contribution is 2.41. The molecule has 2 bridgehead atoms. The van der Waals surface area contributed by atoms with Crippen molar-refractivity contribution in [3.05, 3.63) is 35.6 Å². The van der Waals surface area contributed by atoms with Gasteiger partial charge in [-0.25, -0.2) is 4.39 Å². The van der Waals surface area contributed by atoms with Crippen molar-refractivity contribution in [2.75, 3.05) is 7.05 Å². The molecule has 22 heavy (non-hydrogen) atoms. The van der Waals surface area contributed by atoms with E-state index in [1.54, 1.807) is 12.1 Å². The first-order valence-corrected chi connectivity index (χ1v) is 8.07. The Kier molecular flexibility index (Phi) is 4.45. The molecule has 0 spiro atoms. The summed E-state index contributed by atoms with van der Waals surface area (Å²) < 4.78 is 12.9. The average Bonchev–Trinajstić information content (AvgIpc) is 3.09. The van der Waals surface area contributed by atoms with Crippen LogP contribution in [-0.2, 0) is 11.2 Å². The van der Waals surface area contributed by atoms with Crippen LogP contribution in [0.5, 0.6) is 0 Å². The molecule has 1 heterocycles. The molecule has 2 unspecified atom stereocenters. The fraction of sp³-hybridized carbons (Fsp3) is 0.588. The van der Waals surface area contributed by atoms with Crippen LogP contribution in [-0.4, -0.2) is 36.1 Å². The fourth-order valence-corrected chi connectivity index (χ4v) is 4.04. The summed E-state index contributed by atoms with van der Waals surface area (Å²) in [4.78, 5) is 14.6. The molecule has 4 atom stereocenters. The monoisotopic (exact) mass is 305 g/mol. The van der Waals surface area contributed by atoms with Crippen LogP contribution in [0.2, 0.25) is 0 Å². The lowest BCUT2D eigenvalue weighted by Crippen LogP contribution is -2.52. The van der Waals surface area contributed by atoms with Crippen molar-refractivity contribution in [1.29, 1.82) is 0 Å². The molecule has 3 N–H and O–H groups in total. The van der Waals surface area contributed by atoms with Gasteiger partial charge in [-0.05, 0) is 56.3 Å². The molecule has 1 aliphatic heterocycles. The summed E-state index contributed by atoms with van der Waals surface area (Å²) >= 11 is 0. The number of piperidine rings is 1. The molecule has 3 rings (SSSR count). The van der Waals surface area contributed by atoms with Crippen molar-refractivity contribution in [2.24, 2.45) is 11.7 Å². The first-order valence-electron chi connectivity index (χ1n) is 8.07. The summed E-state index contributed by atoms with van der Waals surface area (Å²) in [5, 5.41) is 3.28. The fourth-order valence-electron chi connectivity index (χ4n) is 4.04. The normalized spacial score (nSPS) is 28.1. The van der Waals surface area contributed by atoms with Crippen LogP contribution >= 0.6 is 0 Å². The smallest absolute Gasteiger partial charge is 0.225 e. The predicted molar refractivity (Wildman–Crippen MR) is 83.5 cm³/mol. The zero-order valence-electron chi connectivity index (χ0n) is 13.0. The van der Waals surface area contributed by atoms with Crippen molar-refractivity contribution in [1.82, 2.24) is 10.2 Å². The van der Waals surface area contributed by atoms with Crippen molar-refractivity contribution in [3.8, 4) is 0 Å². The van der Waals surface area contributed by atoms with E-state index < -0.39 is 0 Å². The number of carbonyl (C=O) groups is 1. The van der Waals surface area contributed by atoms with Crippen LogP contribution in [0, 0.1) is 11.7 Å². The van der Waals surface area contributed by atoms with Gasteiger partial charge in [-0.3, -0.25) is 4.79 Å². The largest absolute Gasteiger partial charge is 0.327 e. The molecule has 1 aromatic carbocycles. The highest BCUT2D eigenvalue weighted by atomic mass is 19.1. The molecule has 4 nitrogen and oxygen atoms in total. The second kappa shape index (κ2) is 6.34. The molecule has 2 fully saturated rings. The van der Waals surface area contributed by atoms with Crippen molar-refractivity contribution in [3.63, 3.8) is 0 Å². The van der Waals surface area contributed by atoms with Gasteiger partial charge >= 0.3 is 0 Å². The molecule has 1 saturated carbocycles. The van der Waals surface area contributed by atoms with E-state index in [9.17, 15) is 9.18 Å². The molecule has 1 aliphatic carbocycles. The number of nitrogens with two attached hydrogens (primary N) is 1. The van der Waals surface area contributed by atoms with E-state index in [1.165, 1.54) is 18.6 Å². The maximum Gasteiger partial charge on any atom is 0.225 e. The lowest BCUT2D eigenvalue weighted by Gasteiger charge is -2.35. The van der Waals surface area contributed by atoms with Crippen LogP contribution in [0.25, 0.3) is 0 Å². The van der Waals surface area contributed by atoms with Crippen LogP contribution in [0.1, 0.15) is 31.2 Å². The zero-order chi connectivity index (χ0) is 15.7. The number of carbonyl (C=O) groups excluding carboxylic acids is 1. The molecule has 120 valence electrons. The Morgan fingerprint density at radius 1 is 1.41 bits per heavy atom. The number of likely N-dealkylation sites (tertiary alicyclic amines) is 1. The van der Waals surface area contributed by atoms with Crippen LogP contribution in [0.4, 0.5) is 4.39 Å². The molecule has 1 saturated heterocycles. The number of rotatable bonds is 5. The van der Waals surface area contributed by atoms with E-state index in [2.05, 4.69) is 5.32 Å². The summed E-state index contributed by atoms with van der Waals surface area (Å²) in [5.74, 6) is 0.479. The third-order valence-electron chi connectivity index (χ3n) is 5.02. The highest BCUT2D eigenvalue weighted by Gasteiger charge is 2.47. The van der Waals surface area contributed by atoms with Gasteiger partial charge in [-0.1, -0.05) is 12.1 Å². The Morgan fingerprint density at radius 3 is 2.82 bits per heavy atom. The minimum Gasteiger partial charge on any atom is -0.327 e. The maximum absolute atomic E-state index is 12.9. The number of halogens is 1. The van der Waals surface area contributed by atoms with Crippen molar-refractivity contribution in [2.45, 2.75) is 50.4 Å². The Hall–Kier alpha value is -1.46. The molecule has 1 amide bonds. The summed E-state index contributed by atoms with van der Waals surface area (Å²) in [5.41, 5.74) is 7.10. The Bertz CT molecular complexity index is 533. The quantitative estimate of drug-likeness (QED) is 0.869. The summed E-state index contributed by atoms with van der Waals surface area (Å²) in [6.45, 7) is 0. The van der Waals surface area contributed by atoms with Crippen LogP contribution < -0.4 is 11.1 Å². The van der Waals surface area contributed by atoms with Gasteiger partial charge in [0, 0.05) is 18.5 Å². The lowest BCUT2D eigenvalue weighted by molar-refractivity contribution is -0.136. The number of hydrogen-bond donors (Lipinski definition) is 2. The van der Waals surface area contributed by atoms with Crippen LogP contribution in [0.3, 0.4) is 0 Å². The third kappa shape index (κ3) is 3.01. The Morgan fingerprint density at radius 2 is 2.14 bits per heavy atom. The predicted octanol–water partition coefficient (Wildman–Crippen LogP) is 1.64. The molecule has 0 aromatic heterocycles. The van der Waals surface area contributed by atoms with E-state index in [0.717, 1.165) is 18.4 Å². The maximum atomic E-state index is 12.9. The second-order valence-corrected chi connectivity index (χ2v) is 6.56. The first-order chi connectivity index (χ1) is 10.6. The van der Waals surface area contributed by atoms with Crippen molar-refractivity contribution < 1.29 is 9.18 Å². The Balaban J connectivity index is 1.58. The van der Waals surface area contributed by atoms with Gasteiger partial charge in [0.25, 0.3) is 0 Å². The van der Waals surface area contributed by atoms with Gasteiger partial charge in [-0.15, -0.1) is 0 Å². The molecule has 1 aromatic rings. The second-order valence-electron chi connectivity index (χ2n) is 6.56. The first kappa shape index (κ1) is 15.4. The van der Waals surface area contributed by atoms with E-state index in [0.29, 0.717) is 24.8 Å². The molecular formula is C17H24FN3O.